The van der Waals surface area contributed by atoms with E-state index in [1.165, 1.54) is 13.2 Å². The van der Waals surface area contributed by atoms with Crippen molar-refractivity contribution in [2.45, 2.75) is 12.5 Å². The molecule has 0 aliphatic carbocycles. The number of amides is 2. The molecule has 2 amide bonds. The number of ether oxygens (including phenoxy) is 1. The van der Waals surface area contributed by atoms with E-state index < -0.39 is 23.7 Å². The van der Waals surface area contributed by atoms with Crippen molar-refractivity contribution in [3.05, 3.63) is 24.0 Å². The maximum absolute atomic E-state index is 12.9. The first kappa shape index (κ1) is 13.9. The molecule has 0 spiro atoms. The average molecular weight is 255 g/mol. The number of nitrogens with two attached hydrogens (primary N) is 2. The average Bonchev–Trinajstić information content (AvgIpc) is 2.30. The second-order valence-corrected chi connectivity index (χ2v) is 3.61. The van der Waals surface area contributed by atoms with E-state index in [1.807, 2.05) is 0 Å². The van der Waals surface area contributed by atoms with Crippen LogP contribution in [-0.2, 0) is 9.59 Å². The van der Waals surface area contributed by atoms with Gasteiger partial charge in [-0.3, -0.25) is 9.59 Å². The molecule has 98 valence electrons. The maximum Gasteiger partial charge on any atom is 0.241 e. The van der Waals surface area contributed by atoms with Gasteiger partial charge in [-0.1, -0.05) is 0 Å². The molecule has 1 atom stereocenters. The monoisotopic (exact) mass is 255 g/mol. The number of carbonyl (C=O) groups is 2. The minimum Gasteiger partial charge on any atom is -0.494 e. The summed E-state index contributed by atoms with van der Waals surface area (Å²) < 4.78 is 17.8. The molecular weight excluding hydrogens is 241 g/mol. The minimum atomic E-state index is -1.06. The Labute approximate surface area is 103 Å². The van der Waals surface area contributed by atoms with E-state index in [-0.39, 0.29) is 17.9 Å². The molecule has 0 aromatic heterocycles. The Morgan fingerprint density at radius 1 is 1.50 bits per heavy atom. The summed E-state index contributed by atoms with van der Waals surface area (Å²) in [7, 11) is 1.34. The first-order valence-electron chi connectivity index (χ1n) is 5.12. The molecule has 18 heavy (non-hydrogen) atoms. The Bertz CT molecular complexity index is 465. The normalized spacial score (nSPS) is 11.7. The summed E-state index contributed by atoms with van der Waals surface area (Å²) in [6.45, 7) is 0. The van der Waals surface area contributed by atoms with E-state index in [1.54, 1.807) is 0 Å². The van der Waals surface area contributed by atoms with Crippen LogP contribution in [0.15, 0.2) is 18.2 Å². The number of hydrogen-bond acceptors (Lipinski definition) is 4. The summed E-state index contributed by atoms with van der Waals surface area (Å²) in [6, 6.07) is 2.56. The number of hydrogen-bond donors (Lipinski definition) is 3. The Morgan fingerprint density at radius 2 is 2.17 bits per heavy atom. The minimum absolute atomic E-state index is 0.162. The summed E-state index contributed by atoms with van der Waals surface area (Å²) in [5.41, 5.74) is 10.7. The van der Waals surface area contributed by atoms with Gasteiger partial charge >= 0.3 is 0 Å². The number of nitrogens with one attached hydrogen (secondary N) is 1. The fourth-order valence-corrected chi connectivity index (χ4v) is 1.30. The van der Waals surface area contributed by atoms with Crippen LogP contribution in [0.25, 0.3) is 0 Å². The van der Waals surface area contributed by atoms with E-state index in [0.717, 1.165) is 12.1 Å². The molecule has 1 unspecified atom stereocenters. The zero-order valence-corrected chi connectivity index (χ0v) is 9.77. The topological polar surface area (TPSA) is 107 Å². The summed E-state index contributed by atoms with van der Waals surface area (Å²) >= 11 is 0. The van der Waals surface area contributed by atoms with Crippen LogP contribution in [0, 0.1) is 5.82 Å². The highest BCUT2D eigenvalue weighted by Crippen LogP contribution is 2.24. The zero-order chi connectivity index (χ0) is 13.7. The molecule has 7 heteroatoms. The number of rotatable bonds is 5. The molecule has 0 bridgehead atoms. The van der Waals surface area contributed by atoms with Gasteiger partial charge in [0.2, 0.25) is 11.8 Å². The number of anilines is 1. The third-order valence-electron chi connectivity index (χ3n) is 2.18. The fraction of sp³-hybridized carbons (Fsp3) is 0.273. The summed E-state index contributed by atoms with van der Waals surface area (Å²) in [6.07, 6.45) is -0.269. The fourth-order valence-electron chi connectivity index (χ4n) is 1.30. The van der Waals surface area contributed by atoms with Gasteiger partial charge in [0.1, 0.15) is 11.6 Å². The molecule has 0 fully saturated rings. The molecule has 0 heterocycles. The molecule has 1 aromatic carbocycles. The van der Waals surface area contributed by atoms with Crippen LogP contribution >= 0.6 is 0 Å². The van der Waals surface area contributed by atoms with Gasteiger partial charge in [-0.05, 0) is 12.1 Å². The van der Waals surface area contributed by atoms with E-state index in [0.29, 0.717) is 0 Å². The van der Waals surface area contributed by atoms with Crippen LogP contribution in [0.4, 0.5) is 10.1 Å². The first-order chi connectivity index (χ1) is 8.43. The smallest absolute Gasteiger partial charge is 0.241 e. The van der Waals surface area contributed by atoms with Crippen LogP contribution in [-0.4, -0.2) is 25.0 Å². The lowest BCUT2D eigenvalue weighted by atomic mass is 10.2. The van der Waals surface area contributed by atoms with E-state index in [9.17, 15) is 14.0 Å². The lowest BCUT2D eigenvalue weighted by Gasteiger charge is -2.13. The van der Waals surface area contributed by atoms with E-state index in [2.05, 4.69) is 5.32 Å². The molecule has 5 N–H and O–H groups in total. The lowest BCUT2D eigenvalue weighted by Crippen LogP contribution is -2.39. The Morgan fingerprint density at radius 3 is 2.72 bits per heavy atom. The van der Waals surface area contributed by atoms with Crippen molar-refractivity contribution in [3.8, 4) is 5.75 Å². The third kappa shape index (κ3) is 3.70. The second-order valence-electron chi connectivity index (χ2n) is 3.61. The molecule has 0 saturated heterocycles. The van der Waals surface area contributed by atoms with Crippen LogP contribution in [0.1, 0.15) is 6.42 Å². The number of benzene rings is 1. The van der Waals surface area contributed by atoms with Crippen LogP contribution in [0.2, 0.25) is 0 Å². The number of methoxy groups -OCH3 is 1. The molecule has 0 aliphatic rings. The highest BCUT2D eigenvalue weighted by Gasteiger charge is 2.17. The highest BCUT2D eigenvalue weighted by atomic mass is 19.1. The number of carbonyl (C=O) groups excluding carboxylic acids is 2. The Kier molecular flexibility index (Phi) is 4.61. The predicted molar refractivity (Wildman–Crippen MR) is 63.4 cm³/mol. The largest absolute Gasteiger partial charge is 0.494 e. The maximum atomic E-state index is 12.9. The van der Waals surface area contributed by atoms with E-state index in [4.69, 9.17) is 16.2 Å². The van der Waals surface area contributed by atoms with E-state index >= 15 is 0 Å². The highest BCUT2D eigenvalue weighted by molar-refractivity contribution is 5.98. The second kappa shape index (κ2) is 5.97. The van der Waals surface area contributed by atoms with Gasteiger partial charge in [-0.25, -0.2) is 4.39 Å². The molecule has 0 aliphatic heterocycles. The van der Waals surface area contributed by atoms with Gasteiger partial charge < -0.3 is 21.5 Å². The quantitative estimate of drug-likeness (QED) is 0.686. The Balaban J connectivity index is 2.78. The molecule has 1 aromatic rings. The van der Waals surface area contributed by atoms with Gasteiger partial charge in [-0.15, -0.1) is 0 Å². The van der Waals surface area contributed by atoms with Crippen LogP contribution in [0.5, 0.6) is 5.75 Å². The van der Waals surface area contributed by atoms with Crippen LogP contribution in [0.3, 0.4) is 0 Å². The molecule has 1 rings (SSSR count). The van der Waals surface area contributed by atoms with Gasteiger partial charge in [-0.2, -0.15) is 0 Å². The number of primary amides is 1. The van der Waals surface area contributed by atoms with Crippen molar-refractivity contribution in [1.82, 2.24) is 0 Å². The molecule has 0 radical (unpaired) electrons. The van der Waals surface area contributed by atoms with Gasteiger partial charge in [0.05, 0.1) is 25.3 Å². The predicted octanol–water partition coefficient (Wildman–Crippen LogP) is -0.0245. The number of halogens is 1. The zero-order valence-electron chi connectivity index (χ0n) is 9.77. The summed E-state index contributed by atoms with van der Waals surface area (Å²) in [4.78, 5) is 22.2. The standard InChI is InChI=1S/C11H14FN3O3/c1-18-9-4-6(12)2-3-8(9)15-11(17)7(13)5-10(14)16/h2-4,7H,5,13H2,1H3,(H2,14,16)(H,15,17). The molecule has 6 nitrogen and oxygen atoms in total. The summed E-state index contributed by atoms with van der Waals surface area (Å²) in [5.74, 6) is -1.61. The van der Waals surface area contributed by atoms with Crippen molar-refractivity contribution >= 4 is 17.5 Å². The van der Waals surface area contributed by atoms with Gasteiger partial charge in [0.15, 0.2) is 0 Å². The van der Waals surface area contributed by atoms with Crippen molar-refractivity contribution in [3.63, 3.8) is 0 Å². The van der Waals surface area contributed by atoms with Crippen molar-refractivity contribution < 1.29 is 18.7 Å². The van der Waals surface area contributed by atoms with Crippen LogP contribution < -0.4 is 21.5 Å². The summed E-state index contributed by atoms with van der Waals surface area (Å²) in [5, 5.41) is 2.43. The van der Waals surface area contributed by atoms with Gasteiger partial charge in [0.25, 0.3) is 0 Å². The van der Waals surface area contributed by atoms with Gasteiger partial charge in [0, 0.05) is 6.07 Å². The van der Waals surface area contributed by atoms with Crippen molar-refractivity contribution in [1.29, 1.82) is 0 Å². The SMILES string of the molecule is COc1cc(F)ccc1NC(=O)C(N)CC(N)=O. The first-order valence-corrected chi connectivity index (χ1v) is 5.12. The molecular formula is C11H14FN3O3. The molecule has 0 saturated carbocycles. The third-order valence-corrected chi connectivity index (χ3v) is 2.18. The van der Waals surface area contributed by atoms with Crippen molar-refractivity contribution in [2.24, 2.45) is 11.5 Å². The Hall–Kier alpha value is -2.15. The lowest BCUT2D eigenvalue weighted by molar-refractivity contribution is -0.123. The van der Waals surface area contributed by atoms with Crippen molar-refractivity contribution in [2.75, 3.05) is 12.4 Å².